The zero-order chi connectivity index (χ0) is 18.8. The van der Waals surface area contributed by atoms with Gasteiger partial charge in [-0.2, -0.15) is 0 Å². The van der Waals surface area contributed by atoms with E-state index in [2.05, 4.69) is 4.98 Å². The maximum absolute atomic E-state index is 12.0. The lowest BCUT2D eigenvalue weighted by atomic mass is 10.1. The third kappa shape index (κ3) is 5.27. The Morgan fingerprint density at radius 3 is 2.60 bits per heavy atom. The first kappa shape index (κ1) is 20.4. The molecule has 1 aromatic rings. The topological polar surface area (TPSA) is 140 Å². The fraction of sp³-hybridized carbons (Fsp3) is 0.692. The third-order valence-electron chi connectivity index (χ3n) is 3.52. The number of rotatable bonds is 7. The van der Waals surface area contributed by atoms with Crippen LogP contribution < -0.4 is 11.2 Å². The summed E-state index contributed by atoms with van der Waals surface area (Å²) < 4.78 is 29.4. The van der Waals surface area contributed by atoms with Crippen LogP contribution in [-0.2, 0) is 18.8 Å². The molecule has 4 atom stereocenters. The van der Waals surface area contributed by atoms with Crippen molar-refractivity contribution >= 4 is 18.2 Å². The molecule has 1 fully saturated rings. The lowest BCUT2D eigenvalue weighted by molar-refractivity contribution is -0.0776. The van der Waals surface area contributed by atoms with Gasteiger partial charge in [-0.1, -0.05) is 0 Å². The molecular formula is C13H21N2O8PS. The van der Waals surface area contributed by atoms with E-state index in [-0.39, 0.29) is 11.9 Å². The first-order valence-electron chi connectivity index (χ1n) is 7.47. The number of H-pyrrole nitrogens is 1. The van der Waals surface area contributed by atoms with E-state index in [9.17, 15) is 14.2 Å². The van der Waals surface area contributed by atoms with Crippen molar-refractivity contribution in [1.82, 2.24) is 9.55 Å². The van der Waals surface area contributed by atoms with Crippen molar-refractivity contribution in [1.29, 1.82) is 0 Å². The molecule has 2 rings (SSSR count). The van der Waals surface area contributed by atoms with Crippen LogP contribution >= 0.6 is 18.2 Å². The highest BCUT2D eigenvalue weighted by molar-refractivity contribution is 8.54. The van der Waals surface area contributed by atoms with Gasteiger partial charge in [-0.05, 0) is 25.2 Å². The third-order valence-corrected chi connectivity index (χ3v) is 5.79. The van der Waals surface area contributed by atoms with Crippen molar-refractivity contribution in [2.45, 2.75) is 44.5 Å². The molecule has 3 N–H and O–H groups in total. The molecule has 0 spiro atoms. The maximum Gasteiger partial charge on any atom is 0.384 e. The van der Waals surface area contributed by atoms with Gasteiger partial charge in [-0.3, -0.25) is 14.3 Å². The van der Waals surface area contributed by atoms with E-state index in [1.165, 1.54) is 19.4 Å². The molecule has 1 aliphatic rings. The van der Waals surface area contributed by atoms with Crippen LogP contribution in [0.25, 0.3) is 0 Å². The molecule has 0 radical (unpaired) electrons. The monoisotopic (exact) mass is 396 g/mol. The zero-order valence-corrected chi connectivity index (χ0v) is 15.6. The smallest absolute Gasteiger partial charge is 0.374 e. The Morgan fingerprint density at radius 1 is 1.40 bits per heavy atom. The van der Waals surface area contributed by atoms with Crippen LogP contribution in [-0.4, -0.2) is 56.6 Å². The largest absolute Gasteiger partial charge is 0.384 e. The molecule has 1 unspecified atom stereocenters. The quantitative estimate of drug-likeness (QED) is 0.546. The zero-order valence-electron chi connectivity index (χ0n) is 13.9. The first-order valence-corrected chi connectivity index (χ1v) is 10.7. The van der Waals surface area contributed by atoms with E-state index in [0.717, 1.165) is 4.57 Å². The molecule has 10 nitrogen and oxygen atoms in total. The first-order chi connectivity index (χ1) is 11.6. The van der Waals surface area contributed by atoms with Gasteiger partial charge in [0.2, 0.25) is 0 Å². The minimum atomic E-state index is -4.29. The van der Waals surface area contributed by atoms with E-state index >= 15 is 0 Å². The molecule has 2 heterocycles. The Kier molecular flexibility index (Phi) is 6.66. The summed E-state index contributed by atoms with van der Waals surface area (Å²) in [6, 6.07) is 1.17. The minimum absolute atomic E-state index is 0.0455. The second-order valence-electron chi connectivity index (χ2n) is 5.72. The van der Waals surface area contributed by atoms with Gasteiger partial charge in [-0.15, -0.1) is 0 Å². The summed E-state index contributed by atoms with van der Waals surface area (Å²) in [6.45, 7) is -0.681. The number of hydrogen-bond acceptors (Lipinski definition) is 7. The van der Waals surface area contributed by atoms with Gasteiger partial charge in [-0.25, -0.2) is 9.36 Å². The molecule has 0 amide bonds. The van der Waals surface area contributed by atoms with Gasteiger partial charge in [0.15, 0.2) is 6.23 Å². The molecular weight excluding hydrogens is 375 g/mol. The second kappa shape index (κ2) is 8.17. The number of aromatic amines is 1. The molecule has 0 aliphatic carbocycles. The highest BCUT2D eigenvalue weighted by Gasteiger charge is 2.48. The summed E-state index contributed by atoms with van der Waals surface area (Å²) in [5.74, 6) is -0.0455. The molecule has 1 aliphatic heterocycles. The summed E-state index contributed by atoms with van der Waals surface area (Å²) in [4.78, 5) is 43.6. The van der Waals surface area contributed by atoms with Crippen molar-refractivity contribution in [3.63, 3.8) is 0 Å². The fourth-order valence-corrected chi connectivity index (χ4v) is 4.23. The van der Waals surface area contributed by atoms with E-state index in [1.54, 1.807) is 13.8 Å². The average Bonchev–Trinajstić information content (AvgIpc) is 2.81. The molecule has 0 bridgehead atoms. The van der Waals surface area contributed by atoms with Gasteiger partial charge in [0.25, 0.3) is 5.56 Å². The molecule has 1 aromatic heterocycles. The molecule has 142 valence electrons. The number of ether oxygens (including phenoxy) is 3. The fourth-order valence-electron chi connectivity index (χ4n) is 2.59. The summed E-state index contributed by atoms with van der Waals surface area (Å²) in [6.07, 6.45) is -1.88. The Bertz CT molecular complexity index is 744. The van der Waals surface area contributed by atoms with Gasteiger partial charge in [0, 0.05) is 25.1 Å². The van der Waals surface area contributed by atoms with Crippen LogP contribution in [0, 0.1) is 0 Å². The van der Waals surface area contributed by atoms with E-state index in [1.807, 2.05) is 0 Å². The number of aromatic nitrogens is 2. The maximum atomic E-state index is 12.0. The van der Waals surface area contributed by atoms with Crippen LogP contribution in [0.2, 0.25) is 0 Å². The Balaban J connectivity index is 2.32. The van der Waals surface area contributed by atoms with E-state index in [0.29, 0.717) is 11.4 Å². The lowest BCUT2D eigenvalue weighted by Crippen LogP contribution is -2.41. The van der Waals surface area contributed by atoms with Crippen LogP contribution in [0.3, 0.4) is 0 Å². The lowest BCUT2D eigenvalue weighted by Gasteiger charge is -2.25. The number of nitrogens with one attached hydrogen (secondary N) is 1. The standard InChI is InChI=1S/C13H21N2O8PS/c1-7(2)22-10-8(6-25-24(18,19)20)23-12(11(10)21-3)15-5-4-9(16)14-13(15)17/h4-5,7-8,10-12H,6H2,1-3H3,(H,14,16,17)(H2,18,19,20)/t8-,10+,11?,12-/m1/s1. The van der Waals surface area contributed by atoms with Crippen LogP contribution in [0.4, 0.5) is 0 Å². The summed E-state index contributed by atoms with van der Waals surface area (Å²) in [7, 11) is 1.42. The minimum Gasteiger partial charge on any atom is -0.374 e. The van der Waals surface area contributed by atoms with E-state index < -0.39 is 42.6 Å². The van der Waals surface area contributed by atoms with Crippen molar-refractivity contribution in [3.05, 3.63) is 33.1 Å². The normalized spacial score (nSPS) is 27.1. The van der Waals surface area contributed by atoms with Crippen LogP contribution in [0.5, 0.6) is 0 Å². The predicted octanol–water partition coefficient (Wildman–Crippen LogP) is 0.0685. The number of nitrogens with zero attached hydrogens (tertiary/aromatic N) is 1. The number of methoxy groups -OCH3 is 1. The summed E-state index contributed by atoms with van der Waals surface area (Å²) >= 11 is 0.439. The van der Waals surface area contributed by atoms with Gasteiger partial charge in [0.05, 0.1) is 12.2 Å². The van der Waals surface area contributed by atoms with Crippen molar-refractivity contribution in [2.75, 3.05) is 12.9 Å². The Labute approximate surface area is 147 Å². The summed E-state index contributed by atoms with van der Waals surface area (Å²) in [5, 5.41) is 0. The van der Waals surface area contributed by atoms with Crippen molar-refractivity contribution < 1.29 is 28.6 Å². The van der Waals surface area contributed by atoms with Crippen LogP contribution in [0.15, 0.2) is 21.9 Å². The average molecular weight is 396 g/mol. The SMILES string of the molecule is COC1[C@@H](OC(C)C)[C@@H](CSP(=O)(O)O)O[C@H]1n1ccc(=O)[nH]c1=O. The highest BCUT2D eigenvalue weighted by atomic mass is 32.7. The number of hydrogen-bond donors (Lipinski definition) is 3. The molecule has 1 saturated heterocycles. The second-order valence-corrected chi connectivity index (χ2v) is 9.49. The molecule has 0 saturated carbocycles. The summed E-state index contributed by atoms with van der Waals surface area (Å²) in [5.41, 5.74) is -1.22. The Morgan fingerprint density at radius 2 is 2.08 bits per heavy atom. The van der Waals surface area contributed by atoms with Crippen molar-refractivity contribution in [3.8, 4) is 0 Å². The molecule has 0 aromatic carbocycles. The Hall–Kier alpha value is -0.940. The predicted molar refractivity (Wildman–Crippen MR) is 90.5 cm³/mol. The van der Waals surface area contributed by atoms with E-state index in [4.69, 9.17) is 24.0 Å². The van der Waals surface area contributed by atoms with Crippen molar-refractivity contribution in [2.24, 2.45) is 0 Å². The van der Waals surface area contributed by atoms with Crippen LogP contribution in [0.1, 0.15) is 20.1 Å². The molecule has 12 heteroatoms. The molecule has 25 heavy (non-hydrogen) atoms. The highest BCUT2D eigenvalue weighted by Crippen LogP contribution is 2.51. The van der Waals surface area contributed by atoms with Gasteiger partial charge in [0.1, 0.15) is 12.2 Å². The van der Waals surface area contributed by atoms with Gasteiger partial charge < -0.3 is 24.0 Å². The van der Waals surface area contributed by atoms with Gasteiger partial charge >= 0.3 is 12.5 Å².